The molecule has 2 heterocycles. The Balaban J connectivity index is 1.77. The van der Waals surface area contributed by atoms with E-state index in [1.807, 2.05) is 84.9 Å². The average molecular weight is 530 g/mol. The van der Waals surface area contributed by atoms with Gasteiger partial charge < -0.3 is 30.7 Å². The molecular weight excluding hydrogens is 498 g/mol. The van der Waals surface area contributed by atoms with E-state index in [1.54, 1.807) is 7.11 Å². The van der Waals surface area contributed by atoms with Gasteiger partial charge in [0.05, 0.1) is 20.4 Å². The third-order valence-electron chi connectivity index (χ3n) is 6.85. The van der Waals surface area contributed by atoms with Crippen molar-refractivity contribution >= 4 is 17.5 Å². The van der Waals surface area contributed by atoms with Crippen LogP contribution < -0.4 is 26.2 Å². The summed E-state index contributed by atoms with van der Waals surface area (Å²) in [4.78, 5) is 20.4. The van der Waals surface area contributed by atoms with Crippen molar-refractivity contribution in [3.63, 3.8) is 0 Å². The number of hydrogen-bond donors (Lipinski definition) is 4. The highest BCUT2D eigenvalue weighted by Crippen LogP contribution is 2.43. The summed E-state index contributed by atoms with van der Waals surface area (Å²) in [5, 5.41) is 22.7. The fourth-order valence-electron chi connectivity index (χ4n) is 5.06. The van der Waals surface area contributed by atoms with E-state index in [9.17, 15) is 9.90 Å². The molecule has 0 spiro atoms. The molecule has 0 amide bonds. The maximum atomic E-state index is 14.4. The molecule has 0 aliphatic carbocycles. The second-order valence-corrected chi connectivity index (χ2v) is 9.06. The van der Waals surface area contributed by atoms with Crippen LogP contribution in [0.3, 0.4) is 0 Å². The van der Waals surface area contributed by atoms with Gasteiger partial charge >= 0.3 is 0 Å². The van der Waals surface area contributed by atoms with E-state index in [0.29, 0.717) is 12.2 Å². The van der Waals surface area contributed by atoms with Crippen molar-refractivity contribution in [1.82, 2.24) is 9.55 Å². The van der Waals surface area contributed by atoms with Gasteiger partial charge in [-0.2, -0.15) is 4.98 Å². The molecule has 0 fully saturated rings. The van der Waals surface area contributed by atoms with Crippen molar-refractivity contribution in [2.45, 2.75) is 18.4 Å². The van der Waals surface area contributed by atoms with Crippen molar-refractivity contribution in [2.75, 3.05) is 42.9 Å². The summed E-state index contributed by atoms with van der Waals surface area (Å²) in [6.07, 6.45) is -1.01. The fourth-order valence-corrected chi connectivity index (χ4v) is 5.06. The lowest BCUT2D eigenvalue weighted by Gasteiger charge is -2.38. The molecule has 1 aromatic heterocycles. The SMILES string of the molecule is COc1ccc(C(c2ccccc2)(c2ccccc2)n2c(N)nc3c(c2=O)NCN3C(O)OCCCO)cc1. The Morgan fingerprint density at radius 2 is 1.59 bits per heavy atom. The van der Waals surface area contributed by atoms with Crippen molar-refractivity contribution in [1.29, 1.82) is 0 Å². The number of fused-ring (bicyclic) bond motifs is 1. The van der Waals surface area contributed by atoms with E-state index < -0.39 is 17.5 Å². The number of nitrogens with zero attached hydrogens (tertiary/aromatic N) is 3. The quantitative estimate of drug-likeness (QED) is 0.139. The maximum absolute atomic E-state index is 14.4. The normalized spacial score (nSPS) is 13.6. The standard InChI is InChI=1S/C29H31N5O5/c1-38-23-15-13-22(14-16-23)29(20-9-4-2-5-10-20,21-11-6-3-7-12-21)34-26(36)24-25(32-27(34)30)33(19-31-24)28(37)39-18-8-17-35/h2-7,9-16,28,31,35,37H,8,17-19H2,1H3,(H2,30,32). The number of aliphatic hydroxyl groups is 2. The van der Waals surface area contributed by atoms with Crippen LogP contribution in [0.1, 0.15) is 23.1 Å². The molecule has 0 saturated carbocycles. The third kappa shape index (κ3) is 4.59. The number of rotatable bonds is 10. The molecule has 10 heteroatoms. The zero-order valence-electron chi connectivity index (χ0n) is 21.5. The molecule has 5 N–H and O–H groups in total. The molecule has 1 aliphatic heterocycles. The second kappa shape index (κ2) is 11.2. The van der Waals surface area contributed by atoms with Crippen LogP contribution in [-0.4, -0.2) is 53.2 Å². The molecule has 0 saturated heterocycles. The van der Waals surface area contributed by atoms with Crippen molar-refractivity contribution < 1.29 is 19.7 Å². The smallest absolute Gasteiger partial charge is 0.281 e. The van der Waals surface area contributed by atoms with E-state index in [1.165, 1.54) is 9.47 Å². The number of benzene rings is 3. The van der Waals surface area contributed by atoms with Gasteiger partial charge in [0, 0.05) is 6.61 Å². The zero-order chi connectivity index (χ0) is 27.4. The number of nitrogen functional groups attached to an aromatic ring is 1. The van der Waals surface area contributed by atoms with Crippen LogP contribution in [0.25, 0.3) is 0 Å². The molecule has 1 atom stereocenters. The lowest BCUT2D eigenvalue weighted by Crippen LogP contribution is -2.46. The summed E-state index contributed by atoms with van der Waals surface area (Å²) < 4.78 is 12.3. The molecule has 0 bridgehead atoms. The first-order valence-corrected chi connectivity index (χ1v) is 12.6. The van der Waals surface area contributed by atoms with E-state index in [4.69, 9.17) is 20.3 Å². The zero-order valence-corrected chi connectivity index (χ0v) is 21.5. The Labute approximate surface area is 225 Å². The van der Waals surface area contributed by atoms with Crippen LogP contribution >= 0.6 is 0 Å². The number of methoxy groups -OCH3 is 1. The minimum atomic E-state index is -1.37. The van der Waals surface area contributed by atoms with E-state index >= 15 is 0 Å². The largest absolute Gasteiger partial charge is 0.497 e. The topological polar surface area (TPSA) is 135 Å². The fraction of sp³-hybridized carbons (Fsp3) is 0.241. The van der Waals surface area contributed by atoms with Crippen LogP contribution in [0.5, 0.6) is 5.75 Å². The predicted octanol–water partition coefficient (Wildman–Crippen LogP) is 2.54. The highest BCUT2D eigenvalue weighted by Gasteiger charge is 2.43. The van der Waals surface area contributed by atoms with Crippen LogP contribution in [0.4, 0.5) is 17.5 Å². The van der Waals surface area contributed by atoms with Gasteiger partial charge in [0.2, 0.25) is 12.4 Å². The number of ether oxygens (including phenoxy) is 2. The number of aliphatic hydroxyl groups excluding tert-OH is 2. The van der Waals surface area contributed by atoms with E-state index in [2.05, 4.69) is 10.3 Å². The molecule has 5 rings (SSSR count). The average Bonchev–Trinajstić information content (AvgIpc) is 3.40. The van der Waals surface area contributed by atoms with Gasteiger partial charge in [0.1, 0.15) is 17.0 Å². The van der Waals surface area contributed by atoms with Gasteiger partial charge in [-0.25, -0.2) is 0 Å². The van der Waals surface area contributed by atoms with Crippen molar-refractivity contribution in [3.05, 3.63) is 112 Å². The Hall–Kier alpha value is -4.38. The summed E-state index contributed by atoms with van der Waals surface area (Å²) in [5.41, 5.74) is 7.63. The minimum absolute atomic E-state index is 0.0430. The third-order valence-corrected chi connectivity index (χ3v) is 6.85. The summed E-state index contributed by atoms with van der Waals surface area (Å²) in [5.74, 6) is 0.821. The summed E-state index contributed by atoms with van der Waals surface area (Å²) >= 11 is 0. The van der Waals surface area contributed by atoms with Gasteiger partial charge in [-0.3, -0.25) is 14.3 Å². The summed E-state index contributed by atoms with van der Waals surface area (Å²) in [6.45, 7) is 0.163. The Morgan fingerprint density at radius 1 is 1.00 bits per heavy atom. The molecule has 3 aromatic carbocycles. The second-order valence-electron chi connectivity index (χ2n) is 9.06. The molecule has 4 aromatic rings. The Morgan fingerprint density at radius 3 is 2.15 bits per heavy atom. The highest BCUT2D eigenvalue weighted by atomic mass is 16.6. The molecular formula is C29H31N5O5. The van der Waals surface area contributed by atoms with Gasteiger partial charge in [-0.1, -0.05) is 72.8 Å². The van der Waals surface area contributed by atoms with Crippen molar-refractivity contribution in [3.8, 4) is 5.75 Å². The molecule has 10 nitrogen and oxygen atoms in total. The van der Waals surface area contributed by atoms with Crippen LogP contribution in [-0.2, 0) is 10.3 Å². The first kappa shape index (κ1) is 26.2. The minimum Gasteiger partial charge on any atom is -0.497 e. The van der Waals surface area contributed by atoms with Gasteiger partial charge in [-0.15, -0.1) is 0 Å². The van der Waals surface area contributed by atoms with Crippen LogP contribution in [0.2, 0.25) is 0 Å². The van der Waals surface area contributed by atoms with Gasteiger partial charge in [-0.05, 0) is 35.2 Å². The summed E-state index contributed by atoms with van der Waals surface area (Å²) in [7, 11) is 1.60. The van der Waals surface area contributed by atoms with Crippen molar-refractivity contribution in [2.24, 2.45) is 0 Å². The first-order valence-electron chi connectivity index (χ1n) is 12.6. The highest BCUT2D eigenvalue weighted by molar-refractivity contribution is 5.72. The number of anilines is 3. The maximum Gasteiger partial charge on any atom is 0.281 e. The van der Waals surface area contributed by atoms with Crippen LogP contribution in [0.15, 0.2) is 89.7 Å². The van der Waals surface area contributed by atoms with E-state index in [-0.39, 0.29) is 37.3 Å². The molecule has 39 heavy (non-hydrogen) atoms. The number of hydrogen-bond acceptors (Lipinski definition) is 9. The lowest BCUT2D eigenvalue weighted by molar-refractivity contribution is -0.100. The lowest BCUT2D eigenvalue weighted by atomic mass is 9.76. The molecule has 1 unspecified atom stereocenters. The van der Waals surface area contributed by atoms with Crippen LogP contribution in [0, 0.1) is 0 Å². The predicted molar refractivity (Wildman–Crippen MR) is 149 cm³/mol. The van der Waals surface area contributed by atoms with Gasteiger partial charge in [0.15, 0.2) is 5.82 Å². The number of nitrogens with one attached hydrogen (secondary N) is 1. The molecule has 0 radical (unpaired) electrons. The Kier molecular flexibility index (Phi) is 7.51. The van der Waals surface area contributed by atoms with E-state index in [0.717, 1.165) is 16.7 Å². The monoisotopic (exact) mass is 529 g/mol. The number of aromatic nitrogens is 2. The number of nitrogens with two attached hydrogens (primary N) is 1. The van der Waals surface area contributed by atoms with Gasteiger partial charge in [0.25, 0.3) is 5.56 Å². The molecule has 202 valence electrons. The summed E-state index contributed by atoms with van der Waals surface area (Å²) in [6, 6.07) is 26.8. The molecule has 1 aliphatic rings. The Bertz CT molecular complexity index is 1420. The first-order chi connectivity index (χ1) is 19.0.